The third-order valence-electron chi connectivity index (χ3n) is 5.60. The summed E-state index contributed by atoms with van der Waals surface area (Å²) in [5.74, 6) is -4.05. The summed E-state index contributed by atoms with van der Waals surface area (Å²) in [5.41, 5.74) is -0.467. The molecular formula is C21H20F2O3. The minimum Gasteiger partial charge on any atom is -0.497 e. The number of fused-ring (bicyclic) bond motifs is 2. The van der Waals surface area contributed by atoms with Crippen LogP contribution in [0.3, 0.4) is 0 Å². The van der Waals surface area contributed by atoms with Crippen molar-refractivity contribution in [3.05, 3.63) is 65.2 Å². The van der Waals surface area contributed by atoms with Gasteiger partial charge in [0.05, 0.1) is 12.7 Å². The van der Waals surface area contributed by atoms with Crippen molar-refractivity contribution < 1.29 is 23.0 Å². The Bertz CT molecular complexity index is 849. The Morgan fingerprint density at radius 2 is 2.00 bits per heavy atom. The highest BCUT2D eigenvalue weighted by Gasteiger charge is 2.66. The monoisotopic (exact) mass is 358 g/mol. The summed E-state index contributed by atoms with van der Waals surface area (Å²) in [5, 5.41) is 0. The summed E-state index contributed by atoms with van der Waals surface area (Å²) in [6.45, 7) is 0. The van der Waals surface area contributed by atoms with Gasteiger partial charge in [-0.2, -0.15) is 0 Å². The lowest BCUT2D eigenvalue weighted by molar-refractivity contribution is -0.232. The molecule has 0 N–H and O–H groups in total. The molecule has 2 aromatic carbocycles. The molecule has 136 valence electrons. The van der Waals surface area contributed by atoms with Crippen molar-refractivity contribution in [3.63, 3.8) is 0 Å². The number of methoxy groups -OCH3 is 1. The van der Waals surface area contributed by atoms with Crippen molar-refractivity contribution in [1.29, 1.82) is 0 Å². The quantitative estimate of drug-likeness (QED) is 0.744. The predicted molar refractivity (Wildman–Crippen MR) is 92.5 cm³/mol. The van der Waals surface area contributed by atoms with Gasteiger partial charge >= 0.3 is 5.97 Å². The number of hydrogen-bond acceptors (Lipinski definition) is 3. The van der Waals surface area contributed by atoms with Crippen LogP contribution in [0.15, 0.2) is 48.5 Å². The van der Waals surface area contributed by atoms with E-state index in [4.69, 9.17) is 9.47 Å². The molecule has 2 atom stereocenters. The molecule has 1 aliphatic heterocycles. The zero-order chi connectivity index (χ0) is 18.4. The average molecular weight is 358 g/mol. The van der Waals surface area contributed by atoms with Crippen molar-refractivity contribution in [1.82, 2.24) is 0 Å². The van der Waals surface area contributed by atoms with Crippen LogP contribution in [-0.2, 0) is 16.8 Å². The number of halogens is 2. The molecule has 0 bridgehead atoms. The van der Waals surface area contributed by atoms with Gasteiger partial charge in [-0.25, -0.2) is 13.6 Å². The number of ether oxygens (including phenoxy) is 2. The van der Waals surface area contributed by atoms with E-state index in [9.17, 15) is 4.79 Å². The maximum Gasteiger partial charge on any atom is 0.339 e. The second-order valence-electron chi connectivity index (χ2n) is 7.03. The van der Waals surface area contributed by atoms with Crippen molar-refractivity contribution in [2.75, 3.05) is 7.11 Å². The fourth-order valence-corrected chi connectivity index (χ4v) is 4.30. The number of carbonyl (C=O) groups is 1. The van der Waals surface area contributed by atoms with Gasteiger partial charge in [-0.15, -0.1) is 0 Å². The van der Waals surface area contributed by atoms with Crippen LogP contribution in [0, 0.1) is 5.92 Å². The van der Waals surface area contributed by atoms with Crippen LogP contribution < -0.4 is 4.74 Å². The minimum absolute atomic E-state index is 0.150. The first kappa shape index (κ1) is 17.0. The fourth-order valence-electron chi connectivity index (χ4n) is 4.30. The number of esters is 1. The first-order valence-electron chi connectivity index (χ1n) is 8.81. The molecule has 26 heavy (non-hydrogen) atoms. The smallest absolute Gasteiger partial charge is 0.339 e. The van der Waals surface area contributed by atoms with Crippen molar-refractivity contribution >= 4 is 5.97 Å². The molecule has 0 amide bonds. The molecule has 0 aromatic heterocycles. The van der Waals surface area contributed by atoms with Gasteiger partial charge in [-0.3, -0.25) is 0 Å². The van der Waals surface area contributed by atoms with Gasteiger partial charge in [0, 0.05) is 11.5 Å². The molecule has 1 fully saturated rings. The van der Waals surface area contributed by atoms with Crippen molar-refractivity contribution in [2.45, 2.75) is 37.2 Å². The van der Waals surface area contributed by atoms with Gasteiger partial charge in [-0.1, -0.05) is 30.3 Å². The van der Waals surface area contributed by atoms with E-state index < -0.39 is 23.4 Å². The predicted octanol–water partition coefficient (Wildman–Crippen LogP) is 4.74. The number of alkyl halides is 2. The Morgan fingerprint density at radius 1 is 1.19 bits per heavy atom. The molecule has 1 aliphatic carbocycles. The van der Waals surface area contributed by atoms with Gasteiger partial charge < -0.3 is 9.47 Å². The topological polar surface area (TPSA) is 35.5 Å². The molecule has 1 heterocycles. The Kier molecular flexibility index (Phi) is 3.98. The van der Waals surface area contributed by atoms with E-state index in [1.165, 1.54) is 0 Å². The van der Waals surface area contributed by atoms with Gasteiger partial charge in [0.15, 0.2) is 0 Å². The van der Waals surface area contributed by atoms with Crippen LogP contribution in [0.2, 0.25) is 0 Å². The lowest BCUT2D eigenvalue weighted by atomic mass is 9.69. The van der Waals surface area contributed by atoms with Crippen LogP contribution in [-0.4, -0.2) is 19.0 Å². The first-order chi connectivity index (χ1) is 12.5. The third-order valence-corrected chi connectivity index (χ3v) is 5.60. The summed E-state index contributed by atoms with van der Waals surface area (Å²) in [7, 11) is 1.55. The molecule has 2 aromatic rings. The van der Waals surface area contributed by atoms with Crippen molar-refractivity contribution in [3.8, 4) is 5.75 Å². The van der Waals surface area contributed by atoms with Crippen LogP contribution in [0.5, 0.6) is 5.75 Å². The summed E-state index contributed by atoms with van der Waals surface area (Å²) in [6, 6.07) is 13.7. The molecule has 3 nitrogen and oxygen atoms in total. The summed E-state index contributed by atoms with van der Waals surface area (Å²) < 4.78 is 41.8. The van der Waals surface area contributed by atoms with Crippen LogP contribution >= 0.6 is 0 Å². The maximum absolute atomic E-state index is 15.6. The Labute approximate surface area is 150 Å². The van der Waals surface area contributed by atoms with E-state index in [-0.39, 0.29) is 18.4 Å². The van der Waals surface area contributed by atoms with Gasteiger partial charge in [0.25, 0.3) is 5.92 Å². The summed E-state index contributed by atoms with van der Waals surface area (Å²) in [6.07, 6.45) is 1.35. The Balaban J connectivity index is 1.70. The minimum atomic E-state index is -3.14. The zero-order valence-electron chi connectivity index (χ0n) is 14.5. The van der Waals surface area contributed by atoms with E-state index in [1.807, 2.05) is 6.07 Å². The molecule has 2 aliphatic rings. The van der Waals surface area contributed by atoms with Crippen LogP contribution in [0.1, 0.15) is 40.7 Å². The molecule has 1 spiro atoms. The van der Waals surface area contributed by atoms with E-state index in [2.05, 4.69) is 0 Å². The van der Waals surface area contributed by atoms with E-state index in [0.717, 1.165) is 5.56 Å². The fraction of sp³-hybridized carbons (Fsp3) is 0.381. The normalized spacial score (nSPS) is 26.4. The number of benzene rings is 2. The Morgan fingerprint density at radius 3 is 2.81 bits per heavy atom. The zero-order valence-corrected chi connectivity index (χ0v) is 14.5. The third kappa shape index (κ3) is 2.41. The van der Waals surface area contributed by atoms with Crippen LogP contribution in [0.25, 0.3) is 0 Å². The number of rotatable bonds is 3. The highest BCUT2D eigenvalue weighted by atomic mass is 19.3. The highest BCUT2D eigenvalue weighted by molar-refractivity contribution is 5.95. The van der Waals surface area contributed by atoms with Crippen LogP contribution in [0.4, 0.5) is 8.78 Å². The molecule has 0 radical (unpaired) electrons. The lowest BCUT2D eigenvalue weighted by Crippen LogP contribution is -2.53. The van der Waals surface area contributed by atoms with E-state index in [1.54, 1.807) is 49.6 Å². The highest BCUT2D eigenvalue weighted by Crippen LogP contribution is 2.57. The van der Waals surface area contributed by atoms with Crippen molar-refractivity contribution in [2.24, 2.45) is 5.92 Å². The first-order valence-corrected chi connectivity index (χ1v) is 8.81. The molecule has 0 saturated heterocycles. The average Bonchev–Trinajstić information content (AvgIpc) is 2.94. The number of hydrogen-bond donors (Lipinski definition) is 0. The second kappa shape index (κ2) is 6.08. The van der Waals surface area contributed by atoms with Gasteiger partial charge in [0.2, 0.25) is 5.60 Å². The van der Waals surface area contributed by atoms with E-state index >= 15 is 8.78 Å². The molecule has 5 heteroatoms. The number of carbonyl (C=O) groups excluding carboxylic acids is 1. The standard InChI is InChI=1S/C21H20F2O3/c1-25-16-8-4-6-14(13-16)12-15-7-5-11-20(21(15,22)23)18-10-3-2-9-17(18)19(24)26-20/h2-4,6,8-10,13,15H,5,7,11-12H2,1H3. The maximum atomic E-state index is 15.6. The second-order valence-corrected chi connectivity index (χ2v) is 7.03. The summed E-state index contributed by atoms with van der Waals surface area (Å²) in [4.78, 5) is 12.2. The lowest BCUT2D eigenvalue weighted by Gasteiger charge is -2.44. The molecular weight excluding hydrogens is 338 g/mol. The van der Waals surface area contributed by atoms with Gasteiger partial charge in [0.1, 0.15) is 5.75 Å². The molecule has 4 rings (SSSR count). The van der Waals surface area contributed by atoms with Gasteiger partial charge in [-0.05, 0) is 49.4 Å². The Hall–Kier alpha value is -2.43. The molecule has 2 unspecified atom stereocenters. The SMILES string of the molecule is COc1cccc(CC2CCCC3(OC(=O)c4ccccc43)C2(F)F)c1. The van der Waals surface area contributed by atoms with E-state index in [0.29, 0.717) is 24.2 Å². The summed E-state index contributed by atoms with van der Waals surface area (Å²) >= 11 is 0. The molecule has 1 saturated carbocycles. The largest absolute Gasteiger partial charge is 0.497 e.